The van der Waals surface area contributed by atoms with E-state index in [1.165, 1.54) is 82.6 Å². The summed E-state index contributed by atoms with van der Waals surface area (Å²) in [6.07, 6.45) is 1.92. The van der Waals surface area contributed by atoms with E-state index >= 15 is 0 Å². The molecule has 2 heteroatoms. The third-order valence-corrected chi connectivity index (χ3v) is 9.92. The van der Waals surface area contributed by atoms with Gasteiger partial charge in [0.15, 0.2) is 0 Å². The lowest BCUT2D eigenvalue weighted by atomic mass is 9.92. The van der Waals surface area contributed by atoms with Crippen LogP contribution in [0.15, 0.2) is 164 Å². The molecule has 48 heavy (non-hydrogen) atoms. The van der Waals surface area contributed by atoms with Crippen molar-refractivity contribution in [1.82, 2.24) is 9.13 Å². The Labute approximate surface area is 280 Å². The summed E-state index contributed by atoms with van der Waals surface area (Å²) in [5.74, 6) is 0. The van der Waals surface area contributed by atoms with Crippen LogP contribution in [0.1, 0.15) is 11.1 Å². The molecule has 0 aliphatic carbocycles. The van der Waals surface area contributed by atoms with E-state index in [9.17, 15) is 0 Å². The minimum Gasteiger partial charge on any atom is -0.344 e. The Morgan fingerprint density at radius 3 is 1.65 bits per heavy atom. The Bertz CT molecular complexity index is 2670. The van der Waals surface area contributed by atoms with Crippen molar-refractivity contribution in [3.63, 3.8) is 0 Å². The monoisotopic (exact) mass is 614 g/mol. The Morgan fingerprint density at radius 2 is 0.958 bits per heavy atom. The molecule has 2 heterocycles. The molecule has 0 saturated carbocycles. The molecule has 0 N–H and O–H groups in total. The lowest BCUT2D eigenvalue weighted by Gasteiger charge is -2.13. The molecule has 2 aromatic heterocycles. The quantitative estimate of drug-likeness (QED) is 0.176. The van der Waals surface area contributed by atoms with Crippen molar-refractivity contribution in [2.24, 2.45) is 7.05 Å². The van der Waals surface area contributed by atoms with E-state index in [1.807, 2.05) is 6.08 Å². The maximum Gasteiger partial charge on any atom is 0.0494 e. The van der Waals surface area contributed by atoms with Crippen LogP contribution >= 0.6 is 0 Å². The average molecular weight is 615 g/mol. The summed E-state index contributed by atoms with van der Waals surface area (Å²) in [5, 5.41) is 5.11. The van der Waals surface area contributed by atoms with Gasteiger partial charge in [-0.25, -0.2) is 0 Å². The molecule has 2 nitrogen and oxygen atoms in total. The van der Waals surface area contributed by atoms with Gasteiger partial charge in [-0.1, -0.05) is 110 Å². The molecule has 7 aromatic carbocycles. The standard InChI is InChI=1S/C46H34N2/c1-3-31-14-11-15-33(24-31)36-25-37(34-20-22-44-41(28-34)39-16-7-9-18-43(39)47(44)2)27-38(26-36)35-21-23-46-42(29-35)40-17-8-10-19-45(40)48(46)30-32-12-5-4-6-13-32/h3-29H,1,30H2,2H3. The molecule has 228 valence electrons. The molecule has 0 bridgehead atoms. The Hall–Kier alpha value is -6.12. The van der Waals surface area contributed by atoms with Crippen LogP contribution in [-0.2, 0) is 13.6 Å². The Kier molecular flexibility index (Phi) is 6.62. The van der Waals surface area contributed by atoms with Crippen LogP contribution in [0.4, 0.5) is 0 Å². The zero-order valence-corrected chi connectivity index (χ0v) is 26.9. The number of rotatable bonds is 6. The molecule has 0 aliphatic rings. The van der Waals surface area contributed by atoms with E-state index in [-0.39, 0.29) is 0 Å². The molecule has 0 unspecified atom stereocenters. The molecule has 0 radical (unpaired) electrons. The van der Waals surface area contributed by atoms with Crippen LogP contribution in [0.5, 0.6) is 0 Å². The zero-order chi connectivity index (χ0) is 32.2. The third-order valence-electron chi connectivity index (χ3n) is 9.92. The van der Waals surface area contributed by atoms with Gasteiger partial charge in [0.05, 0.1) is 0 Å². The topological polar surface area (TPSA) is 9.86 Å². The summed E-state index contributed by atoms with van der Waals surface area (Å²) in [7, 11) is 2.16. The van der Waals surface area contributed by atoms with Gasteiger partial charge >= 0.3 is 0 Å². The molecule has 0 fully saturated rings. The van der Waals surface area contributed by atoms with Gasteiger partial charge in [-0.2, -0.15) is 0 Å². The highest BCUT2D eigenvalue weighted by Gasteiger charge is 2.15. The number of fused-ring (bicyclic) bond motifs is 6. The highest BCUT2D eigenvalue weighted by Crippen LogP contribution is 2.38. The number of aromatic nitrogens is 2. The molecule has 0 spiro atoms. The number of para-hydroxylation sites is 2. The molecule has 0 amide bonds. The maximum absolute atomic E-state index is 4.03. The van der Waals surface area contributed by atoms with Gasteiger partial charge in [0, 0.05) is 57.2 Å². The summed E-state index contributed by atoms with van der Waals surface area (Å²) in [6.45, 7) is 4.86. The van der Waals surface area contributed by atoms with Crippen LogP contribution < -0.4 is 0 Å². The van der Waals surface area contributed by atoms with Gasteiger partial charge in [-0.05, 0) is 105 Å². The van der Waals surface area contributed by atoms with Crippen LogP contribution in [0.3, 0.4) is 0 Å². The SMILES string of the molecule is C=Cc1cccc(-c2cc(-c3ccc4c(c3)c3ccccc3n4C)cc(-c3ccc4c(c3)c3ccccc3n4Cc3ccccc3)c2)c1. The van der Waals surface area contributed by atoms with E-state index in [2.05, 4.69) is 180 Å². The lowest BCUT2D eigenvalue weighted by molar-refractivity contribution is 0.869. The van der Waals surface area contributed by atoms with Crippen molar-refractivity contribution in [3.05, 3.63) is 175 Å². The Morgan fingerprint density at radius 1 is 0.438 bits per heavy atom. The molecule has 0 saturated heterocycles. The van der Waals surface area contributed by atoms with Crippen molar-refractivity contribution >= 4 is 49.7 Å². The molecule has 0 aliphatic heterocycles. The van der Waals surface area contributed by atoms with E-state index < -0.39 is 0 Å². The molecule has 0 atom stereocenters. The number of hydrogen-bond acceptors (Lipinski definition) is 0. The van der Waals surface area contributed by atoms with Crippen LogP contribution in [0.25, 0.3) is 83.1 Å². The van der Waals surface area contributed by atoms with Gasteiger partial charge in [0.2, 0.25) is 0 Å². The summed E-state index contributed by atoms with van der Waals surface area (Å²) in [5.41, 5.74) is 14.6. The van der Waals surface area contributed by atoms with Gasteiger partial charge in [-0.15, -0.1) is 0 Å². The van der Waals surface area contributed by atoms with Crippen molar-refractivity contribution in [1.29, 1.82) is 0 Å². The van der Waals surface area contributed by atoms with Gasteiger partial charge in [0.1, 0.15) is 0 Å². The molecular weight excluding hydrogens is 581 g/mol. The second kappa shape index (κ2) is 11.3. The fourth-order valence-corrected chi connectivity index (χ4v) is 7.49. The molecule has 9 rings (SSSR count). The van der Waals surface area contributed by atoms with E-state index in [1.54, 1.807) is 0 Å². The first-order chi connectivity index (χ1) is 23.6. The van der Waals surface area contributed by atoms with Crippen LogP contribution in [-0.4, -0.2) is 9.13 Å². The van der Waals surface area contributed by atoms with E-state index in [0.29, 0.717) is 0 Å². The minimum absolute atomic E-state index is 0.833. The lowest BCUT2D eigenvalue weighted by Crippen LogP contribution is -1.98. The first-order valence-corrected chi connectivity index (χ1v) is 16.6. The van der Waals surface area contributed by atoms with Crippen LogP contribution in [0, 0.1) is 0 Å². The normalized spacial score (nSPS) is 11.6. The fraction of sp³-hybridized carbons (Fsp3) is 0.0435. The third kappa shape index (κ3) is 4.65. The van der Waals surface area contributed by atoms with Gasteiger partial charge < -0.3 is 9.13 Å². The minimum atomic E-state index is 0.833. The first-order valence-electron chi connectivity index (χ1n) is 16.6. The predicted octanol–water partition coefficient (Wildman–Crippen LogP) is 12.1. The summed E-state index contributed by atoms with van der Waals surface area (Å²) >= 11 is 0. The predicted molar refractivity (Wildman–Crippen MR) is 205 cm³/mol. The van der Waals surface area contributed by atoms with Crippen molar-refractivity contribution in [2.75, 3.05) is 0 Å². The first kappa shape index (κ1) is 28.1. The summed E-state index contributed by atoms with van der Waals surface area (Å²) < 4.78 is 4.74. The molecular formula is C46H34N2. The largest absolute Gasteiger partial charge is 0.344 e. The Balaban J connectivity index is 1.24. The second-order valence-electron chi connectivity index (χ2n) is 12.8. The van der Waals surface area contributed by atoms with E-state index in [0.717, 1.165) is 12.1 Å². The number of hydrogen-bond donors (Lipinski definition) is 0. The fourth-order valence-electron chi connectivity index (χ4n) is 7.49. The van der Waals surface area contributed by atoms with Gasteiger partial charge in [-0.3, -0.25) is 0 Å². The van der Waals surface area contributed by atoms with Crippen LogP contribution in [0.2, 0.25) is 0 Å². The summed E-state index contributed by atoms with van der Waals surface area (Å²) in [4.78, 5) is 0. The maximum atomic E-state index is 4.03. The number of nitrogens with zero attached hydrogens (tertiary/aromatic N) is 2. The van der Waals surface area contributed by atoms with E-state index in [4.69, 9.17) is 0 Å². The number of benzene rings is 7. The second-order valence-corrected chi connectivity index (χ2v) is 12.8. The smallest absolute Gasteiger partial charge is 0.0494 e. The van der Waals surface area contributed by atoms with Crippen molar-refractivity contribution in [2.45, 2.75) is 6.54 Å². The highest BCUT2D eigenvalue weighted by molar-refractivity contribution is 6.10. The zero-order valence-electron chi connectivity index (χ0n) is 26.9. The highest BCUT2D eigenvalue weighted by atomic mass is 15.0. The van der Waals surface area contributed by atoms with Crippen molar-refractivity contribution < 1.29 is 0 Å². The average Bonchev–Trinajstić information content (AvgIpc) is 3.62. The molecule has 9 aromatic rings. The van der Waals surface area contributed by atoms with Crippen molar-refractivity contribution in [3.8, 4) is 33.4 Å². The number of aryl methyl sites for hydroxylation is 1. The summed E-state index contributed by atoms with van der Waals surface area (Å²) in [6, 6.07) is 57.8. The van der Waals surface area contributed by atoms with Gasteiger partial charge in [0.25, 0.3) is 0 Å².